The van der Waals surface area contributed by atoms with Crippen LogP contribution in [-0.2, 0) is 9.57 Å². The van der Waals surface area contributed by atoms with E-state index < -0.39 is 6.16 Å². The Morgan fingerprint density at radius 3 is 3.14 bits per heavy atom. The Labute approximate surface area is 85.4 Å². The molecule has 0 saturated heterocycles. The molecule has 0 saturated carbocycles. The van der Waals surface area contributed by atoms with Crippen molar-refractivity contribution in [3.8, 4) is 0 Å². The molecule has 0 spiro atoms. The number of aromatic nitrogens is 1. The molecule has 0 aliphatic rings. The number of carbonyl (C=O) groups is 1. The molecule has 0 atom stereocenters. The highest BCUT2D eigenvalue weighted by atomic mass is 32.1. The van der Waals surface area contributed by atoms with E-state index in [9.17, 15) is 4.79 Å². The highest BCUT2D eigenvalue weighted by Crippen LogP contribution is 2.05. The Morgan fingerprint density at radius 1 is 1.79 bits per heavy atom. The lowest BCUT2D eigenvalue weighted by molar-refractivity contribution is 0.0618. The minimum atomic E-state index is -0.810. The molecular formula is C8H10N2O3S. The van der Waals surface area contributed by atoms with Gasteiger partial charge in [0.05, 0.1) is 23.5 Å². The third kappa shape index (κ3) is 3.53. The quantitative estimate of drug-likeness (QED) is 0.334. The maximum Gasteiger partial charge on any atom is 0.535 e. The van der Waals surface area contributed by atoms with Crippen molar-refractivity contribution in [2.24, 2.45) is 5.16 Å². The summed E-state index contributed by atoms with van der Waals surface area (Å²) >= 11 is 1.50. The molecule has 6 heteroatoms. The van der Waals surface area contributed by atoms with Gasteiger partial charge in [-0.15, -0.1) is 11.3 Å². The summed E-state index contributed by atoms with van der Waals surface area (Å²) in [6.07, 6.45) is 0.552. The summed E-state index contributed by atoms with van der Waals surface area (Å²) in [5.41, 5.74) is 0.664. The second-order valence-electron chi connectivity index (χ2n) is 2.30. The fraction of sp³-hybridized carbons (Fsp3) is 0.375. The van der Waals surface area contributed by atoms with Crippen LogP contribution in [-0.4, -0.2) is 24.0 Å². The molecule has 76 valence electrons. The first-order valence-corrected chi connectivity index (χ1v) is 4.89. The van der Waals surface area contributed by atoms with Crippen molar-refractivity contribution in [1.82, 2.24) is 4.98 Å². The molecule has 0 aliphatic heterocycles. The maximum absolute atomic E-state index is 10.7. The van der Waals surface area contributed by atoms with Gasteiger partial charge in [0.1, 0.15) is 0 Å². The van der Waals surface area contributed by atoms with E-state index in [1.165, 1.54) is 17.6 Å². The first-order chi connectivity index (χ1) is 6.72. The van der Waals surface area contributed by atoms with Crippen molar-refractivity contribution in [1.29, 1.82) is 0 Å². The van der Waals surface area contributed by atoms with Gasteiger partial charge in [0.25, 0.3) is 0 Å². The Morgan fingerprint density at radius 2 is 2.57 bits per heavy atom. The lowest BCUT2D eigenvalue weighted by atomic mass is 10.5. The van der Waals surface area contributed by atoms with Gasteiger partial charge in [-0.2, -0.15) is 0 Å². The van der Waals surface area contributed by atoms with Crippen LogP contribution in [0.25, 0.3) is 0 Å². The van der Waals surface area contributed by atoms with Crippen molar-refractivity contribution in [2.45, 2.75) is 13.8 Å². The molecule has 0 aliphatic carbocycles. The van der Waals surface area contributed by atoms with E-state index in [0.717, 1.165) is 5.01 Å². The van der Waals surface area contributed by atoms with Gasteiger partial charge in [0.15, 0.2) is 0 Å². The van der Waals surface area contributed by atoms with Gasteiger partial charge in [-0.3, -0.25) is 4.84 Å². The zero-order chi connectivity index (χ0) is 10.4. The highest BCUT2D eigenvalue weighted by Gasteiger charge is 2.00. The van der Waals surface area contributed by atoms with E-state index >= 15 is 0 Å². The number of ether oxygens (including phenoxy) is 1. The molecule has 0 fully saturated rings. The topological polar surface area (TPSA) is 60.8 Å². The molecule has 1 aromatic rings. The summed E-state index contributed by atoms with van der Waals surface area (Å²) in [4.78, 5) is 19.1. The Bertz CT molecular complexity index is 335. The smallest absolute Gasteiger partial charge is 0.433 e. The molecule has 0 radical (unpaired) electrons. The lowest BCUT2D eigenvalue weighted by Crippen LogP contribution is -2.02. The van der Waals surface area contributed by atoms with Crippen molar-refractivity contribution in [3.05, 3.63) is 16.1 Å². The average molecular weight is 214 g/mol. The predicted molar refractivity (Wildman–Crippen MR) is 52.6 cm³/mol. The predicted octanol–water partition coefficient (Wildman–Crippen LogP) is 1.96. The van der Waals surface area contributed by atoms with E-state index in [-0.39, 0.29) is 6.61 Å². The number of thiazole rings is 1. The third-order valence-electron chi connectivity index (χ3n) is 1.21. The number of hydrogen-bond donors (Lipinski definition) is 0. The minimum absolute atomic E-state index is 0.268. The zero-order valence-corrected chi connectivity index (χ0v) is 8.71. The van der Waals surface area contributed by atoms with Crippen LogP contribution in [0.2, 0.25) is 0 Å². The van der Waals surface area contributed by atoms with Gasteiger partial charge < -0.3 is 4.74 Å². The second kappa shape index (κ2) is 5.33. The minimum Gasteiger partial charge on any atom is -0.433 e. The van der Waals surface area contributed by atoms with Crippen molar-refractivity contribution in [2.75, 3.05) is 6.61 Å². The fourth-order valence-corrected chi connectivity index (χ4v) is 1.27. The van der Waals surface area contributed by atoms with Gasteiger partial charge in [-0.25, -0.2) is 9.78 Å². The monoisotopic (exact) mass is 214 g/mol. The van der Waals surface area contributed by atoms with Crippen LogP contribution in [0.15, 0.2) is 10.5 Å². The van der Waals surface area contributed by atoms with E-state index in [4.69, 9.17) is 0 Å². The first kappa shape index (κ1) is 10.6. The highest BCUT2D eigenvalue weighted by molar-refractivity contribution is 7.09. The largest absolute Gasteiger partial charge is 0.535 e. The Hall–Kier alpha value is -1.43. The molecule has 1 rings (SSSR count). The number of hydrogen-bond acceptors (Lipinski definition) is 6. The van der Waals surface area contributed by atoms with Crippen LogP contribution in [0, 0.1) is 6.92 Å². The van der Waals surface area contributed by atoms with Crippen LogP contribution in [0.3, 0.4) is 0 Å². The van der Waals surface area contributed by atoms with Crippen molar-refractivity contribution >= 4 is 23.7 Å². The Kier molecular flexibility index (Phi) is 4.06. The summed E-state index contributed by atoms with van der Waals surface area (Å²) in [5, 5.41) is 6.16. The van der Waals surface area contributed by atoms with E-state index in [1.54, 1.807) is 6.92 Å². The van der Waals surface area contributed by atoms with E-state index in [1.807, 2.05) is 12.3 Å². The molecule has 5 nitrogen and oxygen atoms in total. The molecule has 1 aromatic heterocycles. The molecular weight excluding hydrogens is 204 g/mol. The summed E-state index contributed by atoms with van der Waals surface area (Å²) in [7, 11) is 0. The van der Waals surface area contributed by atoms with Gasteiger partial charge in [0, 0.05) is 5.38 Å². The summed E-state index contributed by atoms with van der Waals surface area (Å²) < 4.78 is 4.49. The van der Waals surface area contributed by atoms with Crippen molar-refractivity contribution < 1.29 is 14.4 Å². The van der Waals surface area contributed by atoms with Crippen LogP contribution in [0.1, 0.15) is 17.6 Å². The summed E-state index contributed by atoms with van der Waals surface area (Å²) in [5.74, 6) is 0. The zero-order valence-electron chi connectivity index (χ0n) is 7.89. The number of rotatable bonds is 3. The lowest BCUT2D eigenvalue weighted by Gasteiger charge is -1.95. The van der Waals surface area contributed by atoms with Crippen LogP contribution >= 0.6 is 11.3 Å². The Balaban J connectivity index is 2.37. The molecule has 0 bridgehead atoms. The molecule has 0 N–H and O–H groups in total. The third-order valence-corrected chi connectivity index (χ3v) is 2.00. The van der Waals surface area contributed by atoms with Gasteiger partial charge >= 0.3 is 6.16 Å². The standard InChI is InChI=1S/C8H10N2O3S/c1-3-12-8(11)13-9-4-7-5-14-6(2)10-7/h4-5H,3H2,1-2H3/b9-4+. The normalized spacial score (nSPS) is 10.4. The number of nitrogens with zero attached hydrogens (tertiary/aromatic N) is 2. The van der Waals surface area contributed by atoms with Crippen LogP contribution in [0.5, 0.6) is 0 Å². The molecule has 0 amide bonds. The van der Waals surface area contributed by atoms with Gasteiger partial charge in [-0.05, 0) is 13.8 Å². The second-order valence-corrected chi connectivity index (χ2v) is 3.36. The van der Waals surface area contributed by atoms with E-state index in [0.29, 0.717) is 5.69 Å². The molecule has 0 aromatic carbocycles. The van der Waals surface area contributed by atoms with Gasteiger partial charge in [-0.1, -0.05) is 5.16 Å². The molecule has 1 heterocycles. The summed E-state index contributed by atoms with van der Waals surface area (Å²) in [6, 6.07) is 0. The number of carbonyl (C=O) groups excluding carboxylic acids is 1. The average Bonchev–Trinajstić information content (AvgIpc) is 2.52. The van der Waals surface area contributed by atoms with Crippen LogP contribution in [0.4, 0.5) is 4.79 Å². The molecule has 14 heavy (non-hydrogen) atoms. The number of oxime groups is 1. The summed E-state index contributed by atoms with van der Waals surface area (Å²) in [6.45, 7) is 3.84. The van der Waals surface area contributed by atoms with Crippen molar-refractivity contribution in [3.63, 3.8) is 0 Å². The van der Waals surface area contributed by atoms with Crippen LogP contribution < -0.4 is 0 Å². The van der Waals surface area contributed by atoms with Gasteiger partial charge in [0.2, 0.25) is 0 Å². The number of aryl methyl sites for hydroxylation is 1. The maximum atomic E-state index is 10.7. The first-order valence-electron chi connectivity index (χ1n) is 4.01. The van der Waals surface area contributed by atoms with E-state index in [2.05, 4.69) is 19.7 Å². The molecule has 0 unspecified atom stereocenters. The fourth-order valence-electron chi connectivity index (χ4n) is 0.707. The SMILES string of the molecule is CCOC(=O)O/N=C/c1csc(C)n1.